The Morgan fingerprint density at radius 2 is 2.33 bits per heavy atom. The van der Waals surface area contributed by atoms with Gasteiger partial charge in [-0.05, 0) is 18.1 Å². The van der Waals surface area contributed by atoms with Crippen molar-refractivity contribution in [3.8, 4) is 0 Å². The molecule has 1 fully saturated rings. The molecule has 0 N–H and O–H groups in total. The summed E-state index contributed by atoms with van der Waals surface area (Å²) in [5.74, 6) is -0.128. The maximum Gasteiger partial charge on any atom is 0.129 e. The van der Waals surface area contributed by atoms with Crippen LogP contribution in [0.25, 0.3) is 0 Å². The van der Waals surface area contributed by atoms with Crippen molar-refractivity contribution in [2.75, 3.05) is 6.61 Å². The molecule has 64 valence electrons. The number of rotatable bonds is 2. The summed E-state index contributed by atoms with van der Waals surface area (Å²) < 4.78 is 18.3. The van der Waals surface area contributed by atoms with Crippen molar-refractivity contribution in [3.63, 3.8) is 0 Å². The van der Waals surface area contributed by atoms with E-state index >= 15 is 0 Å². The number of hydrogen-bond donors (Lipinski definition) is 0. The Kier molecular flexibility index (Phi) is 1.85. The molecule has 12 heavy (non-hydrogen) atoms. The highest BCUT2D eigenvalue weighted by Gasteiger charge is 2.27. The highest BCUT2D eigenvalue weighted by atomic mass is 19.1. The van der Waals surface area contributed by atoms with Crippen molar-refractivity contribution >= 4 is 0 Å². The minimum atomic E-state index is -0.128. The van der Waals surface area contributed by atoms with E-state index in [2.05, 4.69) is 0 Å². The monoisotopic (exact) mass is 166 g/mol. The Morgan fingerprint density at radius 3 is 2.83 bits per heavy atom. The van der Waals surface area contributed by atoms with Gasteiger partial charge >= 0.3 is 0 Å². The molecule has 0 saturated carbocycles. The lowest BCUT2D eigenvalue weighted by molar-refractivity contribution is 0.408. The second-order valence-electron chi connectivity index (χ2n) is 3.03. The molecule has 0 aromatic heterocycles. The molecule has 1 aliphatic heterocycles. The van der Waals surface area contributed by atoms with Crippen molar-refractivity contribution in [3.05, 3.63) is 35.1 Å². The van der Waals surface area contributed by atoms with Crippen molar-refractivity contribution in [1.29, 1.82) is 0 Å². The average molecular weight is 166 g/mol. The molecule has 2 heteroatoms. The number of ether oxygens (including phenoxy) is 1. The Morgan fingerprint density at radius 1 is 1.58 bits per heavy atom. The minimum absolute atomic E-state index is 0.0240. The van der Waals surface area contributed by atoms with Crippen LogP contribution in [0, 0.1) is 5.82 Å². The molecule has 0 spiro atoms. The quantitative estimate of drug-likeness (QED) is 0.615. The van der Waals surface area contributed by atoms with E-state index in [1.54, 1.807) is 6.07 Å². The van der Waals surface area contributed by atoms with Crippen molar-refractivity contribution in [2.45, 2.75) is 19.4 Å². The Hall–Kier alpha value is -0.890. The maximum atomic E-state index is 13.2. The van der Waals surface area contributed by atoms with Gasteiger partial charge in [-0.25, -0.2) is 4.39 Å². The number of hydrogen-bond acceptors (Lipinski definition) is 1. The summed E-state index contributed by atoms with van der Waals surface area (Å²) in [6.07, 6.45) is 0.902. The molecule has 0 radical (unpaired) electrons. The third-order valence-electron chi connectivity index (χ3n) is 2.15. The van der Waals surface area contributed by atoms with Gasteiger partial charge in [0.2, 0.25) is 0 Å². The van der Waals surface area contributed by atoms with Crippen LogP contribution in [0.2, 0.25) is 0 Å². The van der Waals surface area contributed by atoms with Gasteiger partial charge in [0.25, 0.3) is 0 Å². The standard InChI is InChI=1S/C10H11FO/c1-2-7-3-4-8(9(11)5-7)10-6-12-10/h3-5,10H,2,6H2,1H3. The lowest BCUT2D eigenvalue weighted by atomic mass is 10.1. The van der Waals surface area contributed by atoms with E-state index in [0.29, 0.717) is 12.2 Å². The summed E-state index contributed by atoms with van der Waals surface area (Å²) in [5.41, 5.74) is 1.74. The van der Waals surface area contributed by atoms with Crippen molar-refractivity contribution < 1.29 is 9.13 Å². The van der Waals surface area contributed by atoms with Crippen LogP contribution in [0.15, 0.2) is 18.2 Å². The summed E-state index contributed by atoms with van der Waals surface area (Å²) in [6.45, 7) is 2.68. The molecule has 0 aliphatic carbocycles. The van der Waals surface area contributed by atoms with E-state index in [1.165, 1.54) is 0 Å². The normalized spacial score (nSPS) is 21.0. The topological polar surface area (TPSA) is 12.5 Å². The molecule has 2 rings (SSSR count). The van der Waals surface area contributed by atoms with Gasteiger partial charge in [-0.3, -0.25) is 0 Å². The van der Waals surface area contributed by atoms with Crippen LogP contribution in [0.1, 0.15) is 24.2 Å². The van der Waals surface area contributed by atoms with E-state index in [4.69, 9.17) is 4.74 Å². The zero-order valence-corrected chi connectivity index (χ0v) is 7.01. The summed E-state index contributed by atoms with van der Waals surface area (Å²) >= 11 is 0. The molecule has 1 aliphatic rings. The lowest BCUT2D eigenvalue weighted by Gasteiger charge is -2.00. The zero-order valence-electron chi connectivity index (χ0n) is 7.01. The predicted octanol–water partition coefficient (Wildman–Crippen LogP) is 2.46. The first-order valence-electron chi connectivity index (χ1n) is 4.21. The van der Waals surface area contributed by atoms with Gasteiger partial charge in [0.1, 0.15) is 11.9 Å². The van der Waals surface area contributed by atoms with Gasteiger partial charge in [0.05, 0.1) is 6.61 Å². The fraction of sp³-hybridized carbons (Fsp3) is 0.400. The van der Waals surface area contributed by atoms with Crippen LogP contribution in [-0.2, 0) is 11.2 Å². The summed E-state index contributed by atoms with van der Waals surface area (Å²) in [5, 5.41) is 0. The summed E-state index contributed by atoms with van der Waals surface area (Å²) in [4.78, 5) is 0. The van der Waals surface area contributed by atoms with Gasteiger partial charge < -0.3 is 4.74 Å². The predicted molar refractivity (Wildman–Crippen MR) is 44.5 cm³/mol. The van der Waals surface area contributed by atoms with E-state index < -0.39 is 0 Å². The van der Waals surface area contributed by atoms with Gasteiger partial charge in [-0.1, -0.05) is 19.1 Å². The number of halogens is 1. The molecule has 1 heterocycles. The fourth-order valence-electron chi connectivity index (χ4n) is 1.28. The van der Waals surface area contributed by atoms with Gasteiger partial charge in [0.15, 0.2) is 0 Å². The molecule has 0 bridgehead atoms. The van der Waals surface area contributed by atoms with E-state index in [9.17, 15) is 4.39 Å². The average Bonchev–Trinajstić information content (AvgIpc) is 2.87. The highest BCUT2D eigenvalue weighted by molar-refractivity contribution is 5.27. The van der Waals surface area contributed by atoms with Crippen LogP contribution in [0.5, 0.6) is 0 Å². The Balaban J connectivity index is 2.32. The zero-order chi connectivity index (χ0) is 8.55. The summed E-state index contributed by atoms with van der Waals surface area (Å²) in [6, 6.07) is 5.38. The smallest absolute Gasteiger partial charge is 0.129 e. The second-order valence-corrected chi connectivity index (χ2v) is 3.03. The maximum absolute atomic E-state index is 13.2. The molecular formula is C10H11FO. The van der Waals surface area contributed by atoms with Crippen LogP contribution in [0.3, 0.4) is 0 Å². The molecule has 0 amide bonds. The summed E-state index contributed by atoms with van der Waals surface area (Å²) in [7, 11) is 0. The first-order valence-corrected chi connectivity index (χ1v) is 4.21. The molecule has 1 saturated heterocycles. The molecule has 1 nitrogen and oxygen atoms in total. The third-order valence-corrected chi connectivity index (χ3v) is 2.15. The second kappa shape index (κ2) is 2.87. The van der Waals surface area contributed by atoms with Crippen molar-refractivity contribution in [2.24, 2.45) is 0 Å². The van der Waals surface area contributed by atoms with Crippen LogP contribution >= 0.6 is 0 Å². The Labute approximate surface area is 71.2 Å². The molecule has 1 unspecified atom stereocenters. The van der Waals surface area contributed by atoms with Gasteiger partial charge in [-0.2, -0.15) is 0 Å². The fourth-order valence-corrected chi connectivity index (χ4v) is 1.28. The van der Waals surface area contributed by atoms with E-state index in [0.717, 1.165) is 12.0 Å². The highest BCUT2D eigenvalue weighted by Crippen LogP contribution is 2.31. The largest absolute Gasteiger partial charge is 0.368 e. The van der Waals surface area contributed by atoms with Crippen molar-refractivity contribution in [1.82, 2.24) is 0 Å². The Bertz CT molecular complexity index is 292. The SMILES string of the molecule is CCc1ccc(C2CO2)c(F)c1. The molecule has 1 aromatic rings. The third kappa shape index (κ3) is 1.34. The number of epoxide rings is 1. The minimum Gasteiger partial charge on any atom is -0.368 e. The van der Waals surface area contributed by atoms with Crippen LogP contribution in [0.4, 0.5) is 4.39 Å². The molecular weight excluding hydrogens is 155 g/mol. The van der Waals surface area contributed by atoms with Gasteiger partial charge in [-0.15, -0.1) is 0 Å². The van der Waals surface area contributed by atoms with E-state index in [-0.39, 0.29) is 11.9 Å². The molecule has 1 aromatic carbocycles. The molecule has 1 atom stereocenters. The van der Waals surface area contributed by atoms with Crippen LogP contribution < -0.4 is 0 Å². The van der Waals surface area contributed by atoms with Gasteiger partial charge in [0, 0.05) is 5.56 Å². The van der Waals surface area contributed by atoms with Crippen LogP contribution in [-0.4, -0.2) is 6.61 Å². The van der Waals surface area contributed by atoms with E-state index in [1.807, 2.05) is 19.1 Å². The number of aryl methyl sites for hydroxylation is 1. The lowest BCUT2D eigenvalue weighted by Crippen LogP contribution is -1.90. The first-order chi connectivity index (χ1) is 5.81. The number of benzene rings is 1. The first kappa shape index (κ1) is 7.74.